The molecular formula is C28H37ClN2O10. The molecule has 0 radical (unpaired) electrons. The van der Waals surface area contributed by atoms with Crippen molar-refractivity contribution in [2.75, 3.05) is 33.7 Å². The molecule has 3 rings (SSSR count). The molecular weight excluding hydrogens is 560 g/mol. The van der Waals surface area contributed by atoms with Crippen LogP contribution in [0.5, 0.6) is 17.2 Å². The fourth-order valence-electron chi connectivity index (χ4n) is 3.92. The number of aromatic nitrogens is 1. The Morgan fingerprint density at radius 1 is 1.24 bits per heavy atom. The number of carbonyl (C=O) groups excluding carboxylic acids is 2. The molecule has 0 spiro atoms. The van der Waals surface area contributed by atoms with E-state index in [0.717, 1.165) is 0 Å². The van der Waals surface area contributed by atoms with Gasteiger partial charge in [0.1, 0.15) is 17.9 Å². The lowest BCUT2D eigenvalue weighted by Crippen LogP contribution is -2.50. The van der Waals surface area contributed by atoms with Crippen molar-refractivity contribution >= 4 is 23.5 Å². The van der Waals surface area contributed by atoms with E-state index in [1.165, 1.54) is 26.3 Å². The predicted molar refractivity (Wildman–Crippen MR) is 147 cm³/mol. The summed E-state index contributed by atoms with van der Waals surface area (Å²) in [7, 11) is 1.39. The number of esters is 1. The number of nitrogens with zero attached hydrogens (tertiary/aromatic N) is 1. The Kier molecular flexibility index (Phi) is 12.4. The van der Waals surface area contributed by atoms with Crippen molar-refractivity contribution in [2.45, 2.75) is 58.3 Å². The van der Waals surface area contributed by atoms with Crippen LogP contribution in [0, 0.1) is 5.92 Å². The molecule has 1 aliphatic heterocycles. The normalized spacial score (nSPS) is 23.1. The molecule has 226 valence electrons. The smallest absolute Gasteiger partial charge is 0.305 e. The maximum atomic E-state index is 13.3. The number of methoxy groups -OCH3 is 1. The number of hydrogen-bond acceptors (Lipinski definition) is 11. The summed E-state index contributed by atoms with van der Waals surface area (Å²) >= 11 is 6.14. The topological polar surface area (TPSA) is 144 Å². The molecule has 1 aromatic heterocycles. The second kappa shape index (κ2) is 15.7. The van der Waals surface area contributed by atoms with Gasteiger partial charge in [0, 0.05) is 30.8 Å². The molecule has 2 aromatic rings. The predicted octanol–water partition coefficient (Wildman–Crippen LogP) is 2.98. The second-order valence-electron chi connectivity index (χ2n) is 9.74. The van der Waals surface area contributed by atoms with Gasteiger partial charge >= 0.3 is 5.97 Å². The molecule has 1 unspecified atom stereocenters. The number of amides is 1. The second-order valence-corrected chi connectivity index (χ2v) is 10.2. The van der Waals surface area contributed by atoms with E-state index in [1.54, 1.807) is 31.2 Å². The van der Waals surface area contributed by atoms with E-state index in [0.29, 0.717) is 17.4 Å². The van der Waals surface area contributed by atoms with Gasteiger partial charge in [0.25, 0.3) is 5.91 Å². The number of benzene rings is 1. The van der Waals surface area contributed by atoms with Crippen molar-refractivity contribution in [3.05, 3.63) is 47.2 Å². The van der Waals surface area contributed by atoms with Gasteiger partial charge in [-0.25, -0.2) is 4.98 Å². The quantitative estimate of drug-likeness (QED) is 0.292. The summed E-state index contributed by atoms with van der Waals surface area (Å²) < 4.78 is 39.7. The molecule has 2 heterocycles. The first-order valence-electron chi connectivity index (χ1n) is 13.1. The summed E-state index contributed by atoms with van der Waals surface area (Å²) in [5.74, 6) is -0.372. The summed E-state index contributed by atoms with van der Waals surface area (Å²) in [4.78, 5) is 28.5. The van der Waals surface area contributed by atoms with Crippen LogP contribution in [-0.2, 0) is 23.7 Å². The number of hydrogen-bond donors (Lipinski definition) is 2. The highest BCUT2D eigenvalue weighted by Gasteiger charge is 2.37. The summed E-state index contributed by atoms with van der Waals surface area (Å²) in [6.07, 6.45) is -2.07. The van der Waals surface area contributed by atoms with Gasteiger partial charge in [-0.1, -0.05) is 31.5 Å². The van der Waals surface area contributed by atoms with E-state index in [9.17, 15) is 14.7 Å². The number of aliphatic hydroxyl groups is 1. The molecule has 0 bridgehead atoms. The average Bonchev–Trinajstić information content (AvgIpc) is 2.96. The van der Waals surface area contributed by atoms with E-state index in [1.807, 2.05) is 13.8 Å². The number of aliphatic hydroxyl groups excluding tert-OH is 1. The van der Waals surface area contributed by atoms with Crippen molar-refractivity contribution < 1.29 is 47.9 Å². The van der Waals surface area contributed by atoms with Gasteiger partial charge < -0.3 is 43.6 Å². The van der Waals surface area contributed by atoms with Crippen molar-refractivity contribution in [3.8, 4) is 17.2 Å². The zero-order valence-electron chi connectivity index (χ0n) is 23.7. The Morgan fingerprint density at radius 3 is 2.71 bits per heavy atom. The largest absolute Gasteiger partial charge is 0.493 e. The fraction of sp³-hybridized carbons (Fsp3) is 0.536. The number of carbonyl (C=O) groups is 2. The summed E-state index contributed by atoms with van der Waals surface area (Å²) in [6, 6.07) is 7.40. The van der Waals surface area contributed by atoms with Crippen LogP contribution in [-0.4, -0.2) is 86.3 Å². The van der Waals surface area contributed by atoms with Crippen molar-refractivity contribution in [3.63, 3.8) is 0 Å². The number of nitrogens with one attached hydrogen (secondary N) is 1. The first-order chi connectivity index (χ1) is 19.6. The lowest BCUT2D eigenvalue weighted by atomic mass is 10.1. The molecule has 1 fully saturated rings. The molecule has 0 saturated carbocycles. The Bertz CT molecular complexity index is 1150. The Labute approximate surface area is 244 Å². The minimum atomic E-state index is -1.49. The third kappa shape index (κ3) is 9.72. The van der Waals surface area contributed by atoms with E-state index in [2.05, 4.69) is 10.3 Å². The van der Waals surface area contributed by atoms with Crippen LogP contribution in [0.4, 0.5) is 0 Å². The SMILES string of the molecule is COc1ccnc(C(=O)N[C@H]2COC[C@H](OCC(C)C)[C@@H](Oc3cccc(Cl)c3)[C@H](C)OC2O)c1OCOC(C)=O. The Balaban J connectivity index is 1.79. The first-order valence-corrected chi connectivity index (χ1v) is 13.5. The van der Waals surface area contributed by atoms with Gasteiger partial charge in [-0.2, -0.15) is 0 Å². The van der Waals surface area contributed by atoms with Crippen LogP contribution in [0.25, 0.3) is 0 Å². The lowest BCUT2D eigenvalue weighted by molar-refractivity contribution is -0.180. The van der Waals surface area contributed by atoms with Crippen molar-refractivity contribution in [2.24, 2.45) is 5.92 Å². The third-order valence-electron chi connectivity index (χ3n) is 5.90. The van der Waals surface area contributed by atoms with Gasteiger partial charge in [0.2, 0.25) is 6.79 Å². The highest BCUT2D eigenvalue weighted by molar-refractivity contribution is 6.30. The van der Waals surface area contributed by atoms with E-state index in [4.69, 9.17) is 44.8 Å². The van der Waals surface area contributed by atoms with Gasteiger partial charge in [-0.3, -0.25) is 9.59 Å². The molecule has 1 aromatic carbocycles. The minimum absolute atomic E-state index is 0.0429. The van der Waals surface area contributed by atoms with Crippen LogP contribution in [0.15, 0.2) is 36.5 Å². The maximum Gasteiger partial charge on any atom is 0.305 e. The van der Waals surface area contributed by atoms with E-state index >= 15 is 0 Å². The first kappa shape index (κ1) is 32.4. The Hall–Kier alpha value is -3.16. The van der Waals surface area contributed by atoms with Gasteiger partial charge in [0.15, 0.2) is 29.6 Å². The third-order valence-corrected chi connectivity index (χ3v) is 6.14. The van der Waals surface area contributed by atoms with Gasteiger partial charge in [-0.05, 0) is 31.0 Å². The summed E-state index contributed by atoms with van der Waals surface area (Å²) in [6.45, 7) is 6.97. The molecule has 0 aliphatic carbocycles. The fourth-order valence-corrected chi connectivity index (χ4v) is 4.10. The van der Waals surface area contributed by atoms with Crippen LogP contribution < -0.4 is 19.5 Å². The van der Waals surface area contributed by atoms with Crippen LogP contribution in [0.2, 0.25) is 5.02 Å². The van der Waals surface area contributed by atoms with E-state index in [-0.39, 0.29) is 36.3 Å². The molecule has 1 aliphatic rings. The highest BCUT2D eigenvalue weighted by atomic mass is 35.5. The van der Waals surface area contributed by atoms with E-state index < -0.39 is 49.3 Å². The zero-order chi connectivity index (χ0) is 29.9. The average molecular weight is 597 g/mol. The minimum Gasteiger partial charge on any atom is -0.493 e. The number of ether oxygens (including phenoxy) is 7. The molecule has 13 heteroatoms. The number of pyridine rings is 1. The lowest BCUT2D eigenvalue weighted by Gasteiger charge is -2.32. The van der Waals surface area contributed by atoms with Gasteiger partial charge in [0.05, 0.1) is 26.4 Å². The molecule has 5 atom stereocenters. The summed E-state index contributed by atoms with van der Waals surface area (Å²) in [5.41, 5.74) is -0.156. The number of rotatable bonds is 11. The zero-order valence-corrected chi connectivity index (χ0v) is 24.5. The maximum absolute atomic E-state index is 13.3. The highest BCUT2D eigenvalue weighted by Crippen LogP contribution is 2.30. The van der Waals surface area contributed by atoms with Crippen LogP contribution >= 0.6 is 11.6 Å². The molecule has 1 amide bonds. The Morgan fingerprint density at radius 2 is 2.02 bits per heavy atom. The molecule has 2 N–H and O–H groups in total. The summed E-state index contributed by atoms with van der Waals surface area (Å²) in [5, 5.41) is 14.2. The standard InChI is InChI=1S/C28H37ClN2O10/c1-16(2)12-37-23-14-36-13-21(28(34)40-17(3)25(23)41-20-8-6-7-19(29)11-20)31-27(33)24-26(39-15-38-18(4)32)22(35-5)9-10-30-24/h6-11,16-17,21,23,25,28,34H,12-15H2,1-5H3,(H,31,33)/t17-,21-,23-,25-,28?/m0/s1. The van der Waals surface area contributed by atoms with Crippen LogP contribution in [0.1, 0.15) is 38.2 Å². The van der Waals surface area contributed by atoms with Crippen molar-refractivity contribution in [1.29, 1.82) is 0 Å². The molecule has 41 heavy (non-hydrogen) atoms. The van der Waals surface area contributed by atoms with Gasteiger partial charge in [-0.15, -0.1) is 0 Å². The van der Waals surface area contributed by atoms with Crippen molar-refractivity contribution in [1.82, 2.24) is 10.3 Å². The number of halogens is 1. The van der Waals surface area contributed by atoms with Crippen LogP contribution in [0.3, 0.4) is 0 Å². The monoisotopic (exact) mass is 596 g/mol. The molecule has 1 saturated heterocycles. The molecule has 12 nitrogen and oxygen atoms in total.